The Balaban J connectivity index is 2.54. The average molecular weight is 285 g/mol. The van der Waals surface area contributed by atoms with E-state index in [1.807, 2.05) is 6.07 Å². The number of carbonyl (C=O) groups excluding carboxylic acids is 1. The van der Waals surface area contributed by atoms with Crippen molar-refractivity contribution in [3.8, 4) is 11.8 Å². The first kappa shape index (κ1) is 14.3. The van der Waals surface area contributed by atoms with Gasteiger partial charge in [-0.1, -0.05) is 6.07 Å². The number of carbonyl (C=O) groups is 2. The quantitative estimate of drug-likeness (QED) is 0.856. The first-order valence-electron chi connectivity index (χ1n) is 6.07. The summed E-state index contributed by atoms with van der Waals surface area (Å²) in [5.41, 5.74) is 0.448. The molecule has 7 nitrogen and oxygen atoms in total. The molecule has 0 aliphatic carbocycles. The summed E-state index contributed by atoms with van der Waals surface area (Å²) in [5.74, 6) is -1.93. The summed E-state index contributed by atoms with van der Waals surface area (Å²) in [6.45, 7) is 1.81. The van der Waals surface area contributed by atoms with Gasteiger partial charge in [0.1, 0.15) is 0 Å². The lowest BCUT2D eigenvalue weighted by atomic mass is 10.2. The normalized spacial score (nSPS) is 9.90. The molecule has 1 aromatic heterocycles. The van der Waals surface area contributed by atoms with Crippen molar-refractivity contribution in [3.05, 3.63) is 47.3 Å². The summed E-state index contributed by atoms with van der Waals surface area (Å²) in [6.07, 6.45) is 0. The van der Waals surface area contributed by atoms with E-state index < -0.39 is 11.9 Å². The predicted molar refractivity (Wildman–Crippen MR) is 71.2 cm³/mol. The summed E-state index contributed by atoms with van der Waals surface area (Å²) in [6, 6.07) is 9.35. The van der Waals surface area contributed by atoms with Gasteiger partial charge in [-0.15, -0.1) is 0 Å². The Morgan fingerprint density at radius 3 is 2.81 bits per heavy atom. The second-order valence-electron chi connectivity index (χ2n) is 4.01. The number of nitriles is 1. The molecule has 0 amide bonds. The summed E-state index contributed by atoms with van der Waals surface area (Å²) < 4.78 is 5.89. The van der Waals surface area contributed by atoms with E-state index in [2.05, 4.69) is 5.10 Å². The van der Waals surface area contributed by atoms with E-state index >= 15 is 0 Å². The van der Waals surface area contributed by atoms with Crippen molar-refractivity contribution in [1.82, 2.24) is 9.78 Å². The maximum absolute atomic E-state index is 11.6. The molecule has 106 valence electrons. The maximum Gasteiger partial charge on any atom is 0.358 e. The second kappa shape index (κ2) is 5.88. The van der Waals surface area contributed by atoms with Crippen LogP contribution in [0.5, 0.6) is 0 Å². The maximum atomic E-state index is 11.6. The number of ether oxygens (including phenoxy) is 1. The van der Waals surface area contributed by atoms with Crippen molar-refractivity contribution < 1.29 is 19.4 Å². The highest BCUT2D eigenvalue weighted by Gasteiger charge is 2.20. The smallest absolute Gasteiger partial charge is 0.358 e. The number of benzene rings is 1. The molecule has 1 aromatic carbocycles. The fourth-order valence-electron chi connectivity index (χ4n) is 1.74. The highest BCUT2D eigenvalue weighted by Crippen LogP contribution is 2.15. The average Bonchev–Trinajstić information content (AvgIpc) is 2.93. The number of carboxylic acids is 1. The highest BCUT2D eigenvalue weighted by atomic mass is 16.5. The molecule has 1 heterocycles. The Labute approximate surface area is 120 Å². The molecule has 1 N–H and O–H groups in total. The largest absolute Gasteiger partial charge is 0.477 e. The zero-order valence-electron chi connectivity index (χ0n) is 11.1. The molecule has 0 radical (unpaired) electrons. The SMILES string of the molecule is CCOC(=O)c1cc(C(=O)O)n(-c2cccc(C#N)c2)n1. The Morgan fingerprint density at radius 1 is 1.43 bits per heavy atom. The third-order valence-corrected chi connectivity index (χ3v) is 2.63. The minimum Gasteiger partial charge on any atom is -0.477 e. The Hall–Kier alpha value is -3.14. The molecule has 0 aliphatic rings. The number of hydrogen-bond acceptors (Lipinski definition) is 5. The molecule has 0 saturated heterocycles. The van der Waals surface area contributed by atoms with E-state index in [1.165, 1.54) is 6.07 Å². The van der Waals surface area contributed by atoms with Crippen LogP contribution in [-0.2, 0) is 4.74 Å². The van der Waals surface area contributed by atoms with Crippen LogP contribution in [0.25, 0.3) is 5.69 Å². The van der Waals surface area contributed by atoms with Gasteiger partial charge in [-0.05, 0) is 25.1 Å². The van der Waals surface area contributed by atoms with Crippen molar-refractivity contribution in [3.63, 3.8) is 0 Å². The van der Waals surface area contributed by atoms with Crippen molar-refractivity contribution in [2.45, 2.75) is 6.92 Å². The summed E-state index contributed by atoms with van der Waals surface area (Å²) in [7, 11) is 0. The summed E-state index contributed by atoms with van der Waals surface area (Å²) in [5, 5.41) is 22.0. The minimum atomic E-state index is -1.24. The monoisotopic (exact) mass is 285 g/mol. The van der Waals surface area contributed by atoms with Crippen LogP contribution < -0.4 is 0 Å². The van der Waals surface area contributed by atoms with E-state index in [0.717, 1.165) is 10.7 Å². The molecular formula is C14H11N3O4. The van der Waals surface area contributed by atoms with Crippen molar-refractivity contribution in [1.29, 1.82) is 5.26 Å². The number of nitrogens with zero attached hydrogens (tertiary/aromatic N) is 3. The lowest BCUT2D eigenvalue weighted by Gasteiger charge is -2.04. The van der Waals surface area contributed by atoms with E-state index in [0.29, 0.717) is 11.3 Å². The minimum absolute atomic E-state index is 0.100. The third kappa shape index (κ3) is 2.90. The number of aromatic nitrogens is 2. The number of rotatable bonds is 4. The van der Waals surface area contributed by atoms with Crippen LogP contribution in [0.4, 0.5) is 0 Å². The molecule has 0 aliphatic heterocycles. The molecule has 7 heteroatoms. The van der Waals surface area contributed by atoms with Crippen molar-refractivity contribution in [2.75, 3.05) is 6.61 Å². The van der Waals surface area contributed by atoms with Gasteiger partial charge in [0.05, 0.1) is 23.9 Å². The van der Waals surface area contributed by atoms with Gasteiger partial charge in [-0.3, -0.25) is 0 Å². The first-order chi connectivity index (χ1) is 10.1. The summed E-state index contributed by atoms with van der Waals surface area (Å²) in [4.78, 5) is 22.9. The molecule has 0 fully saturated rings. The van der Waals surface area contributed by atoms with Gasteiger partial charge >= 0.3 is 11.9 Å². The summed E-state index contributed by atoms with van der Waals surface area (Å²) >= 11 is 0. The van der Waals surface area contributed by atoms with Gasteiger partial charge < -0.3 is 9.84 Å². The lowest BCUT2D eigenvalue weighted by molar-refractivity contribution is 0.0518. The van der Waals surface area contributed by atoms with Gasteiger partial charge in [0, 0.05) is 6.07 Å². The zero-order chi connectivity index (χ0) is 15.4. The van der Waals surface area contributed by atoms with E-state index in [1.54, 1.807) is 25.1 Å². The van der Waals surface area contributed by atoms with Crippen LogP contribution in [0.15, 0.2) is 30.3 Å². The van der Waals surface area contributed by atoms with Crippen LogP contribution in [0, 0.1) is 11.3 Å². The van der Waals surface area contributed by atoms with Crippen LogP contribution in [-0.4, -0.2) is 33.4 Å². The molecular weight excluding hydrogens is 274 g/mol. The predicted octanol–water partition coefficient (Wildman–Crippen LogP) is 1.62. The molecule has 0 saturated carbocycles. The third-order valence-electron chi connectivity index (χ3n) is 2.63. The van der Waals surface area contributed by atoms with Crippen LogP contribution in [0.2, 0.25) is 0 Å². The number of hydrogen-bond donors (Lipinski definition) is 1. The highest BCUT2D eigenvalue weighted by molar-refractivity contribution is 5.93. The van der Waals surface area contributed by atoms with Gasteiger partial charge in [0.25, 0.3) is 0 Å². The molecule has 0 spiro atoms. The topological polar surface area (TPSA) is 105 Å². The standard InChI is InChI=1S/C14H11N3O4/c1-2-21-14(20)11-7-12(13(18)19)17(16-11)10-5-3-4-9(6-10)8-15/h3-7H,2H2,1H3,(H,18,19). The van der Waals surface area contributed by atoms with E-state index in [-0.39, 0.29) is 18.0 Å². The molecule has 2 aromatic rings. The van der Waals surface area contributed by atoms with Gasteiger partial charge in [0.15, 0.2) is 11.4 Å². The Bertz CT molecular complexity index is 743. The van der Waals surface area contributed by atoms with Crippen LogP contribution in [0.1, 0.15) is 33.5 Å². The fraction of sp³-hybridized carbons (Fsp3) is 0.143. The molecule has 0 bridgehead atoms. The van der Waals surface area contributed by atoms with Gasteiger partial charge in [-0.25, -0.2) is 14.3 Å². The molecule has 21 heavy (non-hydrogen) atoms. The fourth-order valence-corrected chi connectivity index (χ4v) is 1.74. The van der Waals surface area contributed by atoms with Gasteiger partial charge in [0.2, 0.25) is 0 Å². The first-order valence-corrected chi connectivity index (χ1v) is 6.07. The zero-order valence-corrected chi connectivity index (χ0v) is 11.1. The van der Waals surface area contributed by atoms with Gasteiger partial charge in [-0.2, -0.15) is 10.4 Å². The molecule has 2 rings (SSSR count). The second-order valence-corrected chi connectivity index (χ2v) is 4.01. The lowest BCUT2D eigenvalue weighted by Crippen LogP contribution is -2.09. The van der Waals surface area contributed by atoms with Crippen molar-refractivity contribution >= 4 is 11.9 Å². The molecule has 0 unspecified atom stereocenters. The van der Waals surface area contributed by atoms with E-state index in [9.17, 15) is 14.7 Å². The van der Waals surface area contributed by atoms with Crippen LogP contribution in [0.3, 0.4) is 0 Å². The Kier molecular flexibility index (Phi) is 4.00. The number of carboxylic acid groups (broad SMARTS) is 1. The number of esters is 1. The Morgan fingerprint density at radius 2 is 2.19 bits per heavy atom. The van der Waals surface area contributed by atoms with Crippen molar-refractivity contribution in [2.24, 2.45) is 0 Å². The number of aromatic carboxylic acids is 1. The molecule has 0 atom stereocenters. The van der Waals surface area contributed by atoms with Crippen LogP contribution >= 0.6 is 0 Å². The van der Waals surface area contributed by atoms with E-state index in [4.69, 9.17) is 10.00 Å².